The topological polar surface area (TPSA) is 16.4 Å². The summed E-state index contributed by atoms with van der Waals surface area (Å²) < 4.78 is 6.52. The quantitative estimate of drug-likeness (QED) is 0.166. The zero-order chi connectivity index (χ0) is 41.0. The highest BCUT2D eigenvalue weighted by atomic mass is 16.3. The fraction of sp³-hybridized carbons (Fsp3) is 0.148. The monoisotopic (exact) mass is 805 g/mol. The number of anilines is 3. The number of rotatable bonds is 6. The smallest absolute Gasteiger partial charge is 0.136 e. The zero-order valence-electron chi connectivity index (χ0n) is 34.8. The first kappa shape index (κ1) is 34.4. The van der Waals surface area contributed by atoms with Crippen LogP contribution in [0, 0.1) is 29.1 Å². The van der Waals surface area contributed by atoms with Crippen LogP contribution in [0.15, 0.2) is 205 Å². The van der Waals surface area contributed by atoms with Crippen molar-refractivity contribution in [1.29, 1.82) is 0 Å². The fourth-order valence-electron chi connectivity index (χ4n) is 14.6. The van der Waals surface area contributed by atoms with Crippen molar-refractivity contribution in [3.05, 3.63) is 211 Å². The summed E-state index contributed by atoms with van der Waals surface area (Å²) in [7, 11) is 0. The van der Waals surface area contributed by atoms with E-state index in [9.17, 15) is 0 Å². The predicted molar refractivity (Wildman–Crippen MR) is 259 cm³/mol. The second-order valence-corrected chi connectivity index (χ2v) is 19.1. The number of hydrogen-bond acceptors (Lipinski definition) is 2. The summed E-state index contributed by atoms with van der Waals surface area (Å²) in [6.07, 6.45) is 4.24. The first-order valence-corrected chi connectivity index (χ1v) is 22.9. The molecule has 1 aromatic heterocycles. The minimum absolute atomic E-state index is 0.104. The van der Waals surface area contributed by atoms with Gasteiger partial charge in [0, 0.05) is 33.0 Å². The summed E-state index contributed by atoms with van der Waals surface area (Å²) >= 11 is 0. The summed E-state index contributed by atoms with van der Waals surface area (Å²) in [5.41, 5.74) is 19.3. The molecule has 9 aromatic carbocycles. The van der Waals surface area contributed by atoms with Gasteiger partial charge >= 0.3 is 0 Å². The number of fused-ring (bicyclic) bond motifs is 11. The maximum absolute atomic E-state index is 6.52. The maximum Gasteiger partial charge on any atom is 0.136 e. The van der Waals surface area contributed by atoms with Crippen molar-refractivity contribution in [2.45, 2.75) is 24.7 Å². The highest BCUT2D eigenvalue weighted by Gasteiger charge is 2.90. The van der Waals surface area contributed by atoms with Crippen LogP contribution in [-0.4, -0.2) is 0 Å². The largest absolute Gasteiger partial charge is 0.456 e. The second-order valence-electron chi connectivity index (χ2n) is 19.1. The fourth-order valence-corrected chi connectivity index (χ4v) is 14.6. The molecule has 0 bridgehead atoms. The number of benzene rings is 9. The molecule has 4 fully saturated rings. The molecule has 0 N–H and O–H groups in total. The van der Waals surface area contributed by atoms with Gasteiger partial charge in [0.1, 0.15) is 11.2 Å². The third-order valence-corrected chi connectivity index (χ3v) is 17.0. The average molecular weight is 806 g/mol. The van der Waals surface area contributed by atoms with E-state index in [0.717, 1.165) is 68.1 Å². The lowest BCUT2D eigenvalue weighted by molar-refractivity contribution is -0.412. The van der Waals surface area contributed by atoms with Gasteiger partial charge in [-0.25, -0.2) is 0 Å². The van der Waals surface area contributed by atoms with Crippen LogP contribution in [0.25, 0.3) is 77.2 Å². The van der Waals surface area contributed by atoms with E-state index >= 15 is 0 Å². The van der Waals surface area contributed by atoms with E-state index in [0.29, 0.717) is 5.41 Å². The maximum atomic E-state index is 6.52. The highest BCUT2D eigenvalue weighted by molar-refractivity contribution is 6.10. The number of furan rings is 1. The molecule has 0 aliphatic heterocycles. The lowest BCUT2D eigenvalue weighted by Crippen LogP contribution is -2.88. The van der Waals surface area contributed by atoms with Crippen LogP contribution in [0.5, 0.6) is 0 Å². The van der Waals surface area contributed by atoms with Crippen LogP contribution in [0.3, 0.4) is 0 Å². The van der Waals surface area contributed by atoms with E-state index in [-0.39, 0.29) is 5.41 Å². The normalized spacial score (nSPS) is 24.1. The van der Waals surface area contributed by atoms with Crippen molar-refractivity contribution in [3.8, 4) is 44.5 Å². The Morgan fingerprint density at radius 3 is 1.86 bits per heavy atom. The van der Waals surface area contributed by atoms with Gasteiger partial charge in [-0.05, 0) is 146 Å². The van der Waals surface area contributed by atoms with E-state index in [1.54, 1.807) is 11.1 Å². The molecular formula is C61H43NO. The Morgan fingerprint density at radius 1 is 0.413 bits per heavy atom. The predicted octanol–water partition coefficient (Wildman–Crippen LogP) is 16.2. The van der Waals surface area contributed by atoms with Crippen LogP contribution in [-0.2, 0) is 5.41 Å². The molecule has 0 radical (unpaired) electrons. The molecular weight excluding hydrogens is 763 g/mol. The standard InChI is InChI=1S/C61H43NO/c1-2-14-37(15-3-1)44-22-12-16-38-17-13-23-50(59(38)44)47-20-6-10-26-54(47)62(53-25-9-5-18-43(53)39-28-30-49-48-21-7-11-27-55(48)63-56(49)32-39)42-29-31-46-45-19-4-8-24-51(45)61(52(46)36-42)57-34-40-33-41-35-58(61)60(40,41)57/h1-32,36,40-41,57-58H,33-35H2. The van der Waals surface area contributed by atoms with E-state index in [2.05, 4.69) is 205 Å². The van der Waals surface area contributed by atoms with Gasteiger partial charge in [0.2, 0.25) is 0 Å². The number of para-hydroxylation sites is 3. The molecule has 2 spiro atoms. The van der Waals surface area contributed by atoms with Gasteiger partial charge < -0.3 is 9.32 Å². The lowest BCUT2D eigenvalue weighted by Gasteiger charge is -2.92. The molecule has 0 saturated heterocycles. The number of hydrogen-bond donors (Lipinski definition) is 0. The lowest BCUT2D eigenvalue weighted by atomic mass is 9.11. The summed E-state index contributed by atoms with van der Waals surface area (Å²) in [5.74, 6) is 3.41. The highest BCUT2D eigenvalue weighted by Crippen LogP contribution is 2.94. The summed E-state index contributed by atoms with van der Waals surface area (Å²) in [4.78, 5) is 2.58. The van der Waals surface area contributed by atoms with Crippen LogP contribution >= 0.6 is 0 Å². The minimum Gasteiger partial charge on any atom is -0.456 e. The van der Waals surface area contributed by atoms with Crippen molar-refractivity contribution in [1.82, 2.24) is 0 Å². The van der Waals surface area contributed by atoms with E-state index in [1.807, 2.05) is 0 Å². The van der Waals surface area contributed by atoms with Crippen molar-refractivity contribution in [3.63, 3.8) is 0 Å². The van der Waals surface area contributed by atoms with E-state index in [1.165, 1.54) is 69.1 Å². The molecule has 298 valence electrons. The van der Waals surface area contributed by atoms with Gasteiger partial charge in [-0.15, -0.1) is 0 Å². The van der Waals surface area contributed by atoms with E-state index in [4.69, 9.17) is 4.42 Å². The first-order valence-electron chi connectivity index (χ1n) is 22.9. The summed E-state index contributed by atoms with van der Waals surface area (Å²) in [6.45, 7) is 0. The molecule has 2 nitrogen and oxygen atoms in total. The van der Waals surface area contributed by atoms with Crippen molar-refractivity contribution >= 4 is 49.8 Å². The van der Waals surface area contributed by atoms with Crippen LogP contribution < -0.4 is 4.90 Å². The third-order valence-electron chi connectivity index (χ3n) is 17.0. The Balaban J connectivity index is 0.981. The van der Waals surface area contributed by atoms with Gasteiger partial charge in [0.25, 0.3) is 0 Å². The summed E-state index contributed by atoms with van der Waals surface area (Å²) in [6, 6.07) is 74.7. The Morgan fingerprint density at radius 2 is 1.05 bits per heavy atom. The zero-order valence-corrected chi connectivity index (χ0v) is 34.8. The molecule has 5 aliphatic carbocycles. The SMILES string of the molecule is c1ccc(-c2cccc3cccc(-c4ccccc4N(c4ccc5c(c4)C4(c6ccccc6-5)C5CC6CC7CC4C675)c4ccccc4-c4ccc5c(c4)oc4ccccc45)c23)cc1. The van der Waals surface area contributed by atoms with Gasteiger partial charge in [-0.2, -0.15) is 0 Å². The second kappa shape index (κ2) is 12.3. The molecule has 4 unspecified atom stereocenters. The average Bonchev–Trinajstić information content (AvgIpc) is 3.84. The van der Waals surface area contributed by atoms with E-state index < -0.39 is 0 Å². The molecule has 2 heteroatoms. The van der Waals surface area contributed by atoms with Gasteiger partial charge in [-0.3, -0.25) is 0 Å². The minimum atomic E-state index is 0.104. The molecule has 10 aromatic rings. The Bertz CT molecular complexity index is 3530. The van der Waals surface area contributed by atoms with Crippen molar-refractivity contribution < 1.29 is 4.42 Å². The Labute approximate surface area is 367 Å². The van der Waals surface area contributed by atoms with Gasteiger partial charge in [0.05, 0.1) is 11.4 Å². The van der Waals surface area contributed by atoms with Gasteiger partial charge in [0.15, 0.2) is 0 Å². The molecule has 15 rings (SSSR count). The molecule has 4 saturated carbocycles. The number of nitrogens with zero attached hydrogens (tertiary/aromatic N) is 1. The molecule has 0 amide bonds. The van der Waals surface area contributed by atoms with Crippen LogP contribution in [0.2, 0.25) is 0 Å². The summed E-state index contributed by atoms with van der Waals surface area (Å²) in [5, 5.41) is 4.80. The Kier molecular flexibility index (Phi) is 6.70. The Hall–Kier alpha value is -7.16. The van der Waals surface area contributed by atoms with Crippen LogP contribution in [0.4, 0.5) is 17.1 Å². The van der Waals surface area contributed by atoms with Crippen molar-refractivity contribution in [2.24, 2.45) is 29.1 Å². The van der Waals surface area contributed by atoms with Gasteiger partial charge in [-0.1, -0.05) is 158 Å². The van der Waals surface area contributed by atoms with Crippen molar-refractivity contribution in [2.75, 3.05) is 4.90 Å². The molecule has 4 atom stereocenters. The molecule has 1 heterocycles. The van der Waals surface area contributed by atoms with Crippen LogP contribution in [0.1, 0.15) is 30.4 Å². The third kappa shape index (κ3) is 4.20. The molecule has 5 aliphatic rings. The molecule has 63 heavy (non-hydrogen) atoms. The first-order chi connectivity index (χ1) is 31.2.